The quantitative estimate of drug-likeness (QED) is 0.546. The lowest BCUT2D eigenvalue weighted by atomic mass is 10.1. The molecule has 0 aromatic heterocycles. The van der Waals surface area contributed by atoms with E-state index in [0.717, 1.165) is 10.0 Å². The summed E-state index contributed by atoms with van der Waals surface area (Å²) < 4.78 is 22.2. The molecule has 1 aliphatic rings. The van der Waals surface area contributed by atoms with E-state index in [0.29, 0.717) is 22.8 Å². The Morgan fingerprint density at radius 2 is 1.62 bits per heavy atom. The molecule has 0 spiro atoms. The summed E-state index contributed by atoms with van der Waals surface area (Å²) in [4.78, 5) is 16.5. The minimum absolute atomic E-state index is 0.178. The zero-order valence-corrected chi connectivity index (χ0v) is 16.0. The number of ether oxygens (including phenoxy) is 4. The van der Waals surface area contributed by atoms with Gasteiger partial charge in [0.2, 0.25) is 11.6 Å². The predicted octanol–water partition coefficient (Wildman–Crippen LogP) is 3.82. The van der Waals surface area contributed by atoms with Gasteiger partial charge in [-0.3, -0.25) is 0 Å². The highest BCUT2D eigenvalue weighted by atomic mass is 79.9. The van der Waals surface area contributed by atoms with Crippen molar-refractivity contribution in [3.05, 3.63) is 57.7 Å². The van der Waals surface area contributed by atoms with Crippen LogP contribution in [0.1, 0.15) is 11.1 Å². The Bertz CT molecular complexity index is 878. The second-order valence-electron chi connectivity index (χ2n) is 5.30. The molecule has 0 N–H and O–H groups in total. The van der Waals surface area contributed by atoms with Crippen molar-refractivity contribution < 1.29 is 23.7 Å². The van der Waals surface area contributed by atoms with Gasteiger partial charge in [0.1, 0.15) is 0 Å². The number of aliphatic imine (C=N–C) groups is 1. The normalized spacial score (nSPS) is 14.8. The second-order valence-corrected chi connectivity index (χ2v) is 6.22. The van der Waals surface area contributed by atoms with Crippen LogP contribution >= 0.6 is 15.9 Å². The van der Waals surface area contributed by atoms with Gasteiger partial charge in [-0.2, -0.15) is 0 Å². The van der Waals surface area contributed by atoms with E-state index in [2.05, 4.69) is 20.9 Å². The lowest BCUT2D eigenvalue weighted by Gasteiger charge is -2.13. The largest absolute Gasteiger partial charge is 0.493 e. The van der Waals surface area contributed by atoms with Crippen LogP contribution < -0.4 is 14.2 Å². The SMILES string of the molecule is COc1cc(C2=N/C(=C/c3ccc(Br)cc3)C(=O)O2)cc(OC)c1OC. The Morgan fingerprint density at radius 1 is 1.00 bits per heavy atom. The molecule has 0 saturated carbocycles. The summed E-state index contributed by atoms with van der Waals surface area (Å²) in [5, 5.41) is 0. The molecule has 2 aromatic rings. The Hall–Kier alpha value is -2.80. The van der Waals surface area contributed by atoms with Crippen LogP contribution in [0.2, 0.25) is 0 Å². The summed E-state index contributed by atoms with van der Waals surface area (Å²) in [7, 11) is 4.55. The van der Waals surface area contributed by atoms with Crippen molar-refractivity contribution in [1.29, 1.82) is 0 Å². The number of carbonyl (C=O) groups is 1. The van der Waals surface area contributed by atoms with Gasteiger partial charge in [0, 0.05) is 10.0 Å². The molecule has 134 valence electrons. The molecule has 3 rings (SSSR count). The summed E-state index contributed by atoms with van der Waals surface area (Å²) in [6, 6.07) is 10.9. The van der Waals surface area contributed by atoms with Crippen LogP contribution in [-0.2, 0) is 9.53 Å². The Kier molecular flexibility index (Phi) is 5.27. The van der Waals surface area contributed by atoms with E-state index in [1.165, 1.54) is 21.3 Å². The zero-order chi connectivity index (χ0) is 18.7. The first-order valence-electron chi connectivity index (χ1n) is 7.64. The summed E-state index contributed by atoms with van der Waals surface area (Å²) in [5.41, 5.74) is 1.61. The molecule has 7 heteroatoms. The summed E-state index contributed by atoms with van der Waals surface area (Å²) >= 11 is 3.38. The maximum Gasteiger partial charge on any atom is 0.363 e. The van der Waals surface area contributed by atoms with Crippen molar-refractivity contribution in [3.8, 4) is 17.2 Å². The van der Waals surface area contributed by atoms with Crippen LogP contribution in [0.15, 0.2) is 51.6 Å². The monoisotopic (exact) mass is 417 g/mol. The predicted molar refractivity (Wildman–Crippen MR) is 101 cm³/mol. The number of nitrogens with zero attached hydrogens (tertiary/aromatic N) is 1. The van der Waals surface area contributed by atoms with Crippen LogP contribution in [0.3, 0.4) is 0 Å². The number of cyclic esters (lactones) is 1. The molecule has 26 heavy (non-hydrogen) atoms. The molecule has 0 bridgehead atoms. The third kappa shape index (κ3) is 3.57. The molecule has 0 amide bonds. The van der Waals surface area contributed by atoms with Crippen LogP contribution in [0.4, 0.5) is 0 Å². The van der Waals surface area contributed by atoms with Crippen molar-refractivity contribution in [2.24, 2.45) is 4.99 Å². The van der Waals surface area contributed by atoms with Gasteiger partial charge in [-0.25, -0.2) is 9.79 Å². The molecule has 0 unspecified atom stereocenters. The standard InChI is InChI=1S/C19H16BrNO5/c1-23-15-9-12(10-16(24-2)17(15)25-3)18-21-14(19(22)26-18)8-11-4-6-13(20)7-5-11/h4-10H,1-3H3/b14-8+. The van der Waals surface area contributed by atoms with Crippen molar-refractivity contribution in [2.45, 2.75) is 0 Å². The number of hydrogen-bond donors (Lipinski definition) is 0. The van der Waals surface area contributed by atoms with Crippen LogP contribution in [-0.4, -0.2) is 33.2 Å². The van der Waals surface area contributed by atoms with E-state index in [4.69, 9.17) is 18.9 Å². The fraction of sp³-hybridized carbons (Fsp3) is 0.158. The van der Waals surface area contributed by atoms with Crippen molar-refractivity contribution in [2.75, 3.05) is 21.3 Å². The van der Waals surface area contributed by atoms with E-state index < -0.39 is 5.97 Å². The number of hydrogen-bond acceptors (Lipinski definition) is 6. The second kappa shape index (κ2) is 7.61. The zero-order valence-electron chi connectivity index (χ0n) is 14.4. The highest BCUT2D eigenvalue weighted by Gasteiger charge is 2.26. The van der Waals surface area contributed by atoms with Gasteiger partial charge in [-0.15, -0.1) is 0 Å². The Balaban J connectivity index is 1.99. The molecular weight excluding hydrogens is 402 g/mol. The highest BCUT2D eigenvalue weighted by molar-refractivity contribution is 9.10. The first-order chi connectivity index (χ1) is 12.5. The van der Waals surface area contributed by atoms with Gasteiger partial charge in [-0.05, 0) is 35.9 Å². The number of benzene rings is 2. The summed E-state index contributed by atoms with van der Waals surface area (Å²) in [6.45, 7) is 0. The average molecular weight is 418 g/mol. The molecule has 1 heterocycles. The molecule has 0 fully saturated rings. The highest BCUT2D eigenvalue weighted by Crippen LogP contribution is 2.39. The van der Waals surface area contributed by atoms with E-state index >= 15 is 0 Å². The third-order valence-electron chi connectivity index (χ3n) is 3.71. The number of rotatable bonds is 5. The molecule has 0 radical (unpaired) electrons. The van der Waals surface area contributed by atoms with Crippen molar-refractivity contribution >= 4 is 33.9 Å². The topological polar surface area (TPSA) is 66.4 Å². The Labute approximate surface area is 159 Å². The number of carbonyl (C=O) groups excluding carboxylic acids is 1. The van der Waals surface area contributed by atoms with Crippen LogP contribution in [0, 0.1) is 0 Å². The van der Waals surface area contributed by atoms with Gasteiger partial charge in [0.15, 0.2) is 17.2 Å². The average Bonchev–Trinajstić information content (AvgIpc) is 3.02. The molecule has 6 nitrogen and oxygen atoms in total. The van der Waals surface area contributed by atoms with Crippen molar-refractivity contribution in [1.82, 2.24) is 0 Å². The third-order valence-corrected chi connectivity index (χ3v) is 4.23. The van der Waals surface area contributed by atoms with Crippen LogP contribution in [0.5, 0.6) is 17.2 Å². The van der Waals surface area contributed by atoms with Gasteiger partial charge in [0.25, 0.3) is 0 Å². The summed E-state index contributed by atoms with van der Waals surface area (Å²) in [6.07, 6.45) is 1.67. The number of halogens is 1. The minimum Gasteiger partial charge on any atom is -0.493 e. The molecular formula is C19H16BrNO5. The van der Waals surface area contributed by atoms with Gasteiger partial charge < -0.3 is 18.9 Å². The van der Waals surface area contributed by atoms with Crippen molar-refractivity contribution in [3.63, 3.8) is 0 Å². The maximum atomic E-state index is 12.2. The lowest BCUT2D eigenvalue weighted by Crippen LogP contribution is -2.06. The smallest absolute Gasteiger partial charge is 0.363 e. The van der Waals surface area contributed by atoms with E-state index in [1.807, 2.05) is 24.3 Å². The molecule has 1 aliphatic heterocycles. The molecule has 0 aliphatic carbocycles. The maximum absolute atomic E-state index is 12.2. The molecule has 2 aromatic carbocycles. The van der Waals surface area contributed by atoms with Crippen LogP contribution in [0.25, 0.3) is 6.08 Å². The van der Waals surface area contributed by atoms with Gasteiger partial charge >= 0.3 is 5.97 Å². The first-order valence-corrected chi connectivity index (χ1v) is 8.43. The fourth-order valence-corrected chi connectivity index (χ4v) is 2.72. The fourth-order valence-electron chi connectivity index (χ4n) is 2.45. The Morgan fingerprint density at radius 3 is 2.15 bits per heavy atom. The van der Waals surface area contributed by atoms with Gasteiger partial charge in [-0.1, -0.05) is 28.1 Å². The number of methoxy groups -OCH3 is 3. The van der Waals surface area contributed by atoms with E-state index in [9.17, 15) is 4.79 Å². The van der Waals surface area contributed by atoms with E-state index in [-0.39, 0.29) is 11.6 Å². The minimum atomic E-state index is -0.517. The first kappa shape index (κ1) is 18.0. The lowest BCUT2D eigenvalue weighted by molar-refractivity contribution is -0.129. The van der Waals surface area contributed by atoms with Gasteiger partial charge in [0.05, 0.1) is 21.3 Å². The molecule has 0 saturated heterocycles. The number of esters is 1. The molecule has 0 atom stereocenters. The summed E-state index contributed by atoms with van der Waals surface area (Å²) in [5.74, 6) is 1.01. The van der Waals surface area contributed by atoms with E-state index in [1.54, 1.807) is 18.2 Å².